The number of benzene rings is 2. The maximum Gasteiger partial charge on any atom is 0.252 e. The molecule has 120 valence electrons. The minimum Gasteiger partial charge on any atom is -0.376 e. The molecular formula is C19H21NO3. The number of hydrogen-bond acceptors (Lipinski definition) is 3. The van der Waals surface area contributed by atoms with E-state index in [0.29, 0.717) is 19.8 Å². The third-order valence-corrected chi connectivity index (χ3v) is 4.18. The average Bonchev–Trinajstić information content (AvgIpc) is 2.64. The molecule has 3 rings (SSSR count). The van der Waals surface area contributed by atoms with Gasteiger partial charge in [-0.1, -0.05) is 60.7 Å². The van der Waals surface area contributed by atoms with E-state index in [-0.39, 0.29) is 5.91 Å². The number of ether oxygens (including phenoxy) is 2. The zero-order valence-electron chi connectivity index (χ0n) is 13.2. The number of amides is 1. The Morgan fingerprint density at radius 3 is 2.04 bits per heavy atom. The van der Waals surface area contributed by atoms with Crippen LogP contribution in [0.15, 0.2) is 60.7 Å². The van der Waals surface area contributed by atoms with Crippen LogP contribution in [0.4, 0.5) is 0 Å². The molecule has 0 aromatic heterocycles. The summed E-state index contributed by atoms with van der Waals surface area (Å²) in [6.07, 6.45) is -0.560. The van der Waals surface area contributed by atoms with E-state index in [1.54, 1.807) is 0 Å². The van der Waals surface area contributed by atoms with E-state index < -0.39 is 11.6 Å². The lowest BCUT2D eigenvalue weighted by Crippen LogP contribution is -2.51. The summed E-state index contributed by atoms with van der Waals surface area (Å²) in [7, 11) is 0. The van der Waals surface area contributed by atoms with Crippen LogP contribution in [0.3, 0.4) is 0 Å². The Bertz CT molecular complexity index is 597. The van der Waals surface area contributed by atoms with Crippen LogP contribution in [0.5, 0.6) is 0 Å². The van der Waals surface area contributed by atoms with Crippen molar-refractivity contribution in [2.24, 2.45) is 0 Å². The summed E-state index contributed by atoms with van der Waals surface area (Å²) in [6, 6.07) is 19.9. The number of nitrogens with one attached hydrogen (secondary N) is 1. The van der Waals surface area contributed by atoms with Gasteiger partial charge in [0.15, 0.2) is 6.10 Å². The minimum absolute atomic E-state index is 0.153. The lowest BCUT2D eigenvalue weighted by molar-refractivity contribution is -0.149. The summed E-state index contributed by atoms with van der Waals surface area (Å²) in [5.74, 6) is -0.153. The molecule has 2 aromatic carbocycles. The summed E-state index contributed by atoms with van der Waals surface area (Å²) < 4.78 is 10.9. The van der Waals surface area contributed by atoms with Crippen molar-refractivity contribution in [2.45, 2.75) is 18.6 Å². The zero-order chi connectivity index (χ0) is 16.1. The van der Waals surface area contributed by atoms with Gasteiger partial charge in [-0.25, -0.2) is 0 Å². The van der Waals surface area contributed by atoms with E-state index in [1.807, 2.05) is 67.6 Å². The first-order valence-corrected chi connectivity index (χ1v) is 7.82. The molecule has 1 aliphatic heterocycles. The van der Waals surface area contributed by atoms with Crippen molar-refractivity contribution in [1.82, 2.24) is 5.32 Å². The van der Waals surface area contributed by atoms with Crippen LogP contribution in [0, 0.1) is 0 Å². The molecule has 0 spiro atoms. The number of carbonyl (C=O) groups excluding carboxylic acids is 1. The molecule has 0 radical (unpaired) electrons. The lowest BCUT2D eigenvalue weighted by atomic mass is 9.84. The Hall–Kier alpha value is -2.17. The van der Waals surface area contributed by atoms with Gasteiger partial charge in [0.1, 0.15) is 0 Å². The molecule has 0 aliphatic carbocycles. The van der Waals surface area contributed by atoms with Gasteiger partial charge in [-0.05, 0) is 18.1 Å². The highest BCUT2D eigenvalue weighted by molar-refractivity contribution is 5.82. The highest BCUT2D eigenvalue weighted by atomic mass is 16.6. The normalized spacial score (nSPS) is 18.4. The summed E-state index contributed by atoms with van der Waals surface area (Å²) in [6.45, 7) is 3.30. The fourth-order valence-electron chi connectivity index (χ4n) is 2.82. The summed E-state index contributed by atoms with van der Waals surface area (Å²) in [5.41, 5.74) is 1.42. The summed E-state index contributed by atoms with van der Waals surface area (Å²) in [4.78, 5) is 12.6. The van der Waals surface area contributed by atoms with E-state index in [9.17, 15) is 4.79 Å². The average molecular weight is 311 g/mol. The molecule has 1 N–H and O–H groups in total. The van der Waals surface area contributed by atoms with Gasteiger partial charge in [0.05, 0.1) is 25.4 Å². The molecule has 1 amide bonds. The monoisotopic (exact) mass is 311 g/mol. The molecule has 1 atom stereocenters. The molecule has 0 saturated carbocycles. The van der Waals surface area contributed by atoms with Crippen LogP contribution in [-0.2, 0) is 19.8 Å². The van der Waals surface area contributed by atoms with Gasteiger partial charge in [-0.2, -0.15) is 0 Å². The predicted octanol–water partition coefficient (Wildman–Crippen LogP) is 2.48. The second-order valence-electron chi connectivity index (χ2n) is 5.78. The smallest absolute Gasteiger partial charge is 0.252 e. The van der Waals surface area contributed by atoms with Crippen molar-refractivity contribution in [3.05, 3.63) is 71.8 Å². The standard InChI is InChI=1S/C19H21NO3/c1-19(15-8-4-2-5-9-15,16-10-6-3-7-11-16)20-18(21)17-14-22-12-13-23-17/h2-11,17H,12-14H2,1H3,(H,20,21). The van der Waals surface area contributed by atoms with E-state index in [2.05, 4.69) is 5.32 Å². The van der Waals surface area contributed by atoms with Crippen molar-refractivity contribution in [2.75, 3.05) is 19.8 Å². The van der Waals surface area contributed by atoms with Gasteiger partial charge in [-0.3, -0.25) is 4.79 Å². The number of hydrogen-bond donors (Lipinski definition) is 1. The van der Waals surface area contributed by atoms with E-state index in [1.165, 1.54) is 0 Å². The third kappa shape index (κ3) is 3.44. The van der Waals surface area contributed by atoms with Gasteiger partial charge < -0.3 is 14.8 Å². The lowest BCUT2D eigenvalue weighted by Gasteiger charge is -2.34. The van der Waals surface area contributed by atoms with Gasteiger partial charge in [0, 0.05) is 0 Å². The maximum atomic E-state index is 12.6. The van der Waals surface area contributed by atoms with Crippen LogP contribution >= 0.6 is 0 Å². The molecule has 23 heavy (non-hydrogen) atoms. The topological polar surface area (TPSA) is 47.6 Å². The fraction of sp³-hybridized carbons (Fsp3) is 0.316. The number of carbonyl (C=O) groups is 1. The van der Waals surface area contributed by atoms with Crippen LogP contribution in [0.25, 0.3) is 0 Å². The quantitative estimate of drug-likeness (QED) is 0.943. The van der Waals surface area contributed by atoms with E-state index in [0.717, 1.165) is 11.1 Å². The largest absolute Gasteiger partial charge is 0.376 e. The van der Waals surface area contributed by atoms with Crippen molar-refractivity contribution < 1.29 is 14.3 Å². The molecule has 4 nitrogen and oxygen atoms in total. The van der Waals surface area contributed by atoms with Gasteiger partial charge in [0.25, 0.3) is 5.91 Å². The molecule has 1 aliphatic rings. The molecular weight excluding hydrogens is 290 g/mol. The molecule has 0 bridgehead atoms. The van der Waals surface area contributed by atoms with Crippen LogP contribution in [-0.4, -0.2) is 31.8 Å². The Labute approximate surface area is 136 Å². The Kier molecular flexibility index (Phi) is 4.74. The molecule has 1 heterocycles. The Balaban J connectivity index is 1.91. The second kappa shape index (κ2) is 6.94. The van der Waals surface area contributed by atoms with Crippen molar-refractivity contribution in [3.63, 3.8) is 0 Å². The van der Waals surface area contributed by atoms with Crippen molar-refractivity contribution >= 4 is 5.91 Å². The Morgan fingerprint density at radius 2 is 1.57 bits per heavy atom. The third-order valence-electron chi connectivity index (χ3n) is 4.18. The summed E-state index contributed by atoms with van der Waals surface area (Å²) >= 11 is 0. The summed E-state index contributed by atoms with van der Waals surface area (Å²) in [5, 5.41) is 3.15. The van der Waals surface area contributed by atoms with Gasteiger partial charge in [0.2, 0.25) is 0 Å². The molecule has 4 heteroatoms. The van der Waals surface area contributed by atoms with Crippen LogP contribution in [0.1, 0.15) is 18.1 Å². The van der Waals surface area contributed by atoms with Crippen molar-refractivity contribution in [1.29, 1.82) is 0 Å². The highest BCUT2D eigenvalue weighted by Crippen LogP contribution is 2.29. The molecule has 2 aromatic rings. The van der Waals surface area contributed by atoms with Crippen LogP contribution in [0.2, 0.25) is 0 Å². The first-order valence-electron chi connectivity index (χ1n) is 7.82. The SMILES string of the molecule is CC(NC(=O)C1COCCO1)(c1ccccc1)c1ccccc1. The molecule has 1 fully saturated rings. The Morgan fingerprint density at radius 1 is 1.00 bits per heavy atom. The highest BCUT2D eigenvalue weighted by Gasteiger charge is 2.34. The van der Waals surface area contributed by atoms with Crippen LogP contribution < -0.4 is 5.32 Å². The molecule has 1 unspecified atom stereocenters. The minimum atomic E-state index is -0.625. The second-order valence-corrected chi connectivity index (χ2v) is 5.78. The molecule has 1 saturated heterocycles. The predicted molar refractivity (Wildman–Crippen MR) is 88.0 cm³/mol. The number of rotatable bonds is 4. The first kappa shape index (κ1) is 15.7. The van der Waals surface area contributed by atoms with Crippen molar-refractivity contribution in [3.8, 4) is 0 Å². The first-order chi connectivity index (χ1) is 11.2. The van der Waals surface area contributed by atoms with Gasteiger partial charge in [-0.15, -0.1) is 0 Å². The zero-order valence-corrected chi connectivity index (χ0v) is 13.2. The maximum absolute atomic E-state index is 12.6. The fourth-order valence-corrected chi connectivity index (χ4v) is 2.82. The van der Waals surface area contributed by atoms with Gasteiger partial charge >= 0.3 is 0 Å². The van der Waals surface area contributed by atoms with E-state index >= 15 is 0 Å². The van der Waals surface area contributed by atoms with E-state index in [4.69, 9.17) is 9.47 Å².